The van der Waals surface area contributed by atoms with E-state index in [1.165, 1.54) is 23.1 Å². The van der Waals surface area contributed by atoms with Crippen LogP contribution in [-0.4, -0.2) is 22.7 Å². The van der Waals surface area contributed by atoms with E-state index < -0.39 is 37.0 Å². The Morgan fingerprint density at radius 1 is 0.882 bits per heavy atom. The highest BCUT2D eigenvalue weighted by Gasteiger charge is 2.37. The van der Waals surface area contributed by atoms with Crippen molar-refractivity contribution in [2.45, 2.75) is 22.9 Å². The minimum Gasteiger partial charge on any atom is -0.360 e. The molecule has 9 nitrogen and oxygen atoms in total. The number of nitrogens with one attached hydrogen (secondary N) is 1. The van der Waals surface area contributed by atoms with Gasteiger partial charge in [0, 0.05) is 5.69 Å². The number of amides is 1. The van der Waals surface area contributed by atoms with Crippen molar-refractivity contribution in [3.63, 3.8) is 0 Å². The number of hydrogen-bond acceptors (Lipinski definition) is 6. The molecule has 0 aromatic heterocycles. The van der Waals surface area contributed by atoms with Crippen molar-refractivity contribution in [3.8, 4) is 0 Å². The third kappa shape index (κ3) is 4.38. The third-order valence-electron chi connectivity index (χ3n) is 5.33. The van der Waals surface area contributed by atoms with E-state index in [4.69, 9.17) is 33.5 Å². The molecule has 1 unspecified atom stereocenters. The Morgan fingerprint density at radius 2 is 1.50 bits per heavy atom. The van der Waals surface area contributed by atoms with Gasteiger partial charge in [0.25, 0.3) is 5.91 Å². The van der Waals surface area contributed by atoms with Gasteiger partial charge in [0.05, 0.1) is 21.3 Å². The number of halogens is 2. The number of carbonyl (C=O) groups excluding carboxylic acids is 1. The van der Waals surface area contributed by atoms with Crippen LogP contribution in [0.1, 0.15) is 27.7 Å². The first-order valence-electron chi connectivity index (χ1n) is 9.63. The largest absolute Gasteiger partial charge is 0.360 e. The fourth-order valence-electron chi connectivity index (χ4n) is 3.75. The van der Waals surface area contributed by atoms with Crippen molar-refractivity contribution < 1.29 is 21.6 Å². The highest BCUT2D eigenvalue weighted by Crippen LogP contribution is 2.41. The monoisotopic (exact) mass is 540 g/mol. The van der Waals surface area contributed by atoms with Gasteiger partial charge in [-0.1, -0.05) is 47.5 Å². The Balaban J connectivity index is 1.98. The van der Waals surface area contributed by atoms with Crippen LogP contribution in [0.15, 0.2) is 64.4 Å². The van der Waals surface area contributed by atoms with Gasteiger partial charge in [-0.2, -0.15) is 0 Å². The number of nitrogens with zero attached hydrogens (tertiary/aromatic N) is 1. The van der Waals surface area contributed by atoms with Gasteiger partial charge in [-0.05, 0) is 48.4 Å². The normalized spacial score (nSPS) is 16.2. The third-order valence-corrected chi connectivity index (χ3v) is 8.10. The highest BCUT2D eigenvalue weighted by molar-refractivity contribution is 7.89. The van der Waals surface area contributed by atoms with Gasteiger partial charge in [0.2, 0.25) is 20.0 Å². The smallest absolute Gasteiger partial charge is 0.262 e. The molecule has 4 rings (SSSR count). The second kappa shape index (κ2) is 8.52. The minimum atomic E-state index is -4.20. The van der Waals surface area contributed by atoms with E-state index in [0.29, 0.717) is 11.3 Å². The molecule has 1 heterocycles. The second-order valence-corrected chi connectivity index (χ2v) is 11.5. The SMILES string of the molecule is Cc1ccccc1N1C(=O)c2cc(S(N)(=O)=O)c(Cl)cc2NC1c1ccc(Cl)c(S(N)(=O)=O)c1. The Hall–Kier alpha value is -2.67. The summed E-state index contributed by atoms with van der Waals surface area (Å²) in [4.78, 5) is 14.4. The molecular weight excluding hydrogens is 523 g/mol. The molecule has 1 aliphatic heterocycles. The molecule has 5 N–H and O–H groups in total. The first-order valence-corrected chi connectivity index (χ1v) is 13.5. The summed E-state index contributed by atoms with van der Waals surface area (Å²) in [6.07, 6.45) is -0.907. The summed E-state index contributed by atoms with van der Waals surface area (Å²) in [6, 6.07) is 13.6. The Morgan fingerprint density at radius 3 is 2.12 bits per heavy atom. The van der Waals surface area contributed by atoms with Crippen molar-refractivity contribution >= 4 is 60.5 Å². The number of fused-ring (bicyclic) bond motifs is 1. The number of benzene rings is 3. The highest BCUT2D eigenvalue weighted by atomic mass is 35.5. The summed E-state index contributed by atoms with van der Waals surface area (Å²) in [5, 5.41) is 13.5. The van der Waals surface area contributed by atoms with Gasteiger partial charge in [-0.25, -0.2) is 27.1 Å². The second-order valence-electron chi connectivity index (χ2n) is 7.62. The standard InChI is InChI=1S/C21H18Cl2N4O5S2/c1-11-4-2-3-5-17(11)27-20(12-6-7-14(22)18(8-12)33(24,29)30)26-16-10-15(23)19(34(25,31)32)9-13(16)21(27)28/h2-10,20,26H,1H3,(H2,24,29,30)(H2,25,31,32). The predicted octanol–water partition coefficient (Wildman–Crippen LogP) is 3.37. The van der Waals surface area contributed by atoms with Crippen molar-refractivity contribution in [1.29, 1.82) is 0 Å². The van der Waals surface area contributed by atoms with Crippen molar-refractivity contribution in [2.24, 2.45) is 10.3 Å². The number of anilines is 2. The molecule has 0 saturated carbocycles. The summed E-state index contributed by atoms with van der Waals surface area (Å²) in [5.74, 6) is -0.554. The Labute approximate surface area is 206 Å². The summed E-state index contributed by atoms with van der Waals surface area (Å²) in [5.41, 5.74) is 1.88. The lowest BCUT2D eigenvalue weighted by Crippen LogP contribution is -2.43. The number of nitrogens with two attached hydrogens (primary N) is 2. The number of rotatable bonds is 4. The van der Waals surface area contributed by atoms with E-state index in [9.17, 15) is 21.6 Å². The Bertz CT molecular complexity index is 1560. The quantitative estimate of drug-likeness (QED) is 0.461. The van der Waals surface area contributed by atoms with E-state index in [0.717, 1.165) is 11.6 Å². The van der Waals surface area contributed by atoms with Crippen molar-refractivity contribution in [1.82, 2.24) is 0 Å². The molecule has 0 spiro atoms. The maximum atomic E-state index is 13.7. The van der Waals surface area contributed by atoms with Gasteiger partial charge < -0.3 is 5.32 Å². The van der Waals surface area contributed by atoms with Crippen LogP contribution in [0.25, 0.3) is 0 Å². The fraction of sp³-hybridized carbons (Fsp3) is 0.0952. The topological polar surface area (TPSA) is 153 Å². The number of sulfonamides is 2. The Kier molecular flexibility index (Phi) is 6.13. The summed E-state index contributed by atoms with van der Waals surface area (Å²) >= 11 is 12.2. The lowest BCUT2D eigenvalue weighted by Gasteiger charge is -2.39. The molecule has 0 bridgehead atoms. The molecule has 1 aliphatic rings. The van der Waals surface area contributed by atoms with Crippen LogP contribution in [0.2, 0.25) is 10.0 Å². The molecule has 0 aliphatic carbocycles. The fourth-order valence-corrected chi connectivity index (χ4v) is 5.93. The minimum absolute atomic E-state index is 0.0218. The van der Waals surface area contributed by atoms with E-state index in [1.54, 1.807) is 37.3 Å². The van der Waals surface area contributed by atoms with Crippen molar-refractivity contribution in [2.75, 3.05) is 10.2 Å². The molecular formula is C21H18Cl2N4O5S2. The van der Waals surface area contributed by atoms with Gasteiger partial charge in [0.1, 0.15) is 16.0 Å². The molecule has 1 atom stereocenters. The van der Waals surface area contributed by atoms with Gasteiger partial charge in [-0.3, -0.25) is 9.69 Å². The lowest BCUT2D eigenvalue weighted by molar-refractivity contribution is 0.0974. The zero-order valence-electron chi connectivity index (χ0n) is 17.5. The van der Waals surface area contributed by atoms with E-state index >= 15 is 0 Å². The average Bonchev–Trinajstić information content (AvgIpc) is 2.73. The van der Waals surface area contributed by atoms with Gasteiger partial charge >= 0.3 is 0 Å². The molecule has 1 amide bonds. The summed E-state index contributed by atoms with van der Waals surface area (Å²) in [6.45, 7) is 1.80. The number of carbonyl (C=O) groups is 1. The van der Waals surface area contributed by atoms with E-state index in [1.807, 2.05) is 0 Å². The molecule has 0 radical (unpaired) electrons. The maximum absolute atomic E-state index is 13.7. The van der Waals surface area contributed by atoms with Crippen LogP contribution in [0.5, 0.6) is 0 Å². The van der Waals surface area contributed by atoms with Crippen LogP contribution in [0.4, 0.5) is 11.4 Å². The predicted molar refractivity (Wildman–Crippen MR) is 130 cm³/mol. The van der Waals surface area contributed by atoms with Crippen LogP contribution < -0.4 is 20.5 Å². The summed E-state index contributed by atoms with van der Waals surface area (Å²) < 4.78 is 48.0. The van der Waals surface area contributed by atoms with Crippen LogP contribution in [0.3, 0.4) is 0 Å². The van der Waals surface area contributed by atoms with E-state index in [-0.39, 0.29) is 26.2 Å². The maximum Gasteiger partial charge on any atom is 0.262 e. The number of aryl methyl sites for hydroxylation is 1. The zero-order chi connectivity index (χ0) is 25.0. The van der Waals surface area contributed by atoms with Crippen LogP contribution in [-0.2, 0) is 20.0 Å². The van der Waals surface area contributed by atoms with Crippen molar-refractivity contribution in [3.05, 3.63) is 81.3 Å². The molecule has 178 valence electrons. The zero-order valence-corrected chi connectivity index (χ0v) is 20.6. The lowest BCUT2D eigenvalue weighted by atomic mass is 10.0. The summed E-state index contributed by atoms with van der Waals surface area (Å²) in [7, 11) is -8.35. The van der Waals surface area contributed by atoms with E-state index in [2.05, 4.69) is 5.32 Å². The first kappa shape index (κ1) is 24.5. The molecule has 3 aromatic carbocycles. The first-order chi connectivity index (χ1) is 15.8. The number of primary sulfonamides is 2. The number of para-hydroxylation sites is 1. The molecule has 13 heteroatoms. The molecule has 34 heavy (non-hydrogen) atoms. The number of hydrogen-bond donors (Lipinski definition) is 3. The molecule has 3 aromatic rings. The molecule has 0 saturated heterocycles. The van der Waals surface area contributed by atoms with Gasteiger partial charge in [-0.15, -0.1) is 0 Å². The average molecular weight is 541 g/mol. The van der Waals surface area contributed by atoms with Gasteiger partial charge in [0.15, 0.2) is 0 Å². The van der Waals surface area contributed by atoms with Crippen LogP contribution in [0, 0.1) is 6.92 Å². The van der Waals surface area contributed by atoms with Crippen LogP contribution >= 0.6 is 23.2 Å². The molecule has 0 fully saturated rings.